The molecule has 2 atom stereocenters. The summed E-state index contributed by atoms with van der Waals surface area (Å²) in [5.41, 5.74) is 0.447. The first-order chi connectivity index (χ1) is 9.49. The van der Waals surface area contributed by atoms with E-state index in [4.69, 9.17) is 16.3 Å². The van der Waals surface area contributed by atoms with E-state index in [1.807, 2.05) is 20.8 Å². The van der Waals surface area contributed by atoms with E-state index in [2.05, 4.69) is 5.32 Å². The molecule has 6 heteroatoms. The van der Waals surface area contributed by atoms with Crippen molar-refractivity contribution in [1.29, 1.82) is 0 Å². The number of benzene rings is 1. The predicted molar refractivity (Wildman–Crippen MR) is 78.6 cm³/mol. The van der Waals surface area contributed by atoms with Gasteiger partial charge in [-0.05, 0) is 45.4 Å². The van der Waals surface area contributed by atoms with Crippen LogP contribution in [-0.2, 0) is 4.74 Å². The first kappa shape index (κ1) is 18.3. The molecule has 2 unspecified atom stereocenters. The van der Waals surface area contributed by atoms with Crippen molar-refractivity contribution in [1.82, 2.24) is 5.32 Å². The predicted octanol–water partition coefficient (Wildman–Crippen LogP) is 4.74. The molecule has 1 rings (SSSR count). The third kappa shape index (κ3) is 6.68. The summed E-state index contributed by atoms with van der Waals surface area (Å²) in [5.74, 6) is 0. The number of rotatable bonds is 5. The maximum Gasteiger partial charge on any atom is 0.414 e. The zero-order valence-electron chi connectivity index (χ0n) is 12.6. The Hall–Kier alpha value is -0.780. The third-order valence-electron chi connectivity index (χ3n) is 2.89. The molecule has 0 radical (unpaired) electrons. The highest BCUT2D eigenvalue weighted by Gasteiger charge is 2.38. The number of hydrogen-bond donors (Lipinski definition) is 1. The Morgan fingerprint density at radius 1 is 1.14 bits per heavy atom. The molecule has 0 saturated heterocycles. The molecular weight excluding hydrogens is 303 g/mol. The molecule has 1 aromatic carbocycles. The van der Waals surface area contributed by atoms with Crippen LogP contribution in [0.25, 0.3) is 0 Å². The first-order valence-corrected chi connectivity index (χ1v) is 7.09. The van der Waals surface area contributed by atoms with E-state index in [1.165, 1.54) is 0 Å². The molecule has 120 valence electrons. The molecule has 21 heavy (non-hydrogen) atoms. The second-order valence-electron chi connectivity index (χ2n) is 5.99. The van der Waals surface area contributed by atoms with E-state index in [-0.39, 0.29) is 12.1 Å². The standard InChI is InChI=1S/C15H21ClF3NO/c1-10(15(17,18)19)21-13(9-20-14(2,3)4)11-5-7-12(16)8-6-11/h5-8,10,13,20H,9H2,1-4H3. The molecule has 1 aromatic rings. The van der Waals surface area contributed by atoms with Gasteiger partial charge in [0, 0.05) is 17.1 Å². The number of nitrogens with one attached hydrogen (secondary N) is 1. The van der Waals surface area contributed by atoms with Crippen LogP contribution in [0.3, 0.4) is 0 Å². The molecule has 0 aliphatic rings. The van der Waals surface area contributed by atoms with Crippen LogP contribution < -0.4 is 5.32 Å². The summed E-state index contributed by atoms with van der Waals surface area (Å²) in [6.45, 7) is 7.13. The van der Waals surface area contributed by atoms with Crippen molar-refractivity contribution < 1.29 is 17.9 Å². The molecule has 0 aliphatic heterocycles. The fourth-order valence-corrected chi connectivity index (χ4v) is 1.77. The number of halogens is 4. The molecule has 1 N–H and O–H groups in total. The summed E-state index contributed by atoms with van der Waals surface area (Å²) in [5, 5.41) is 3.70. The molecule has 0 bridgehead atoms. The highest BCUT2D eigenvalue weighted by Crippen LogP contribution is 2.29. The topological polar surface area (TPSA) is 21.3 Å². The van der Waals surface area contributed by atoms with Crippen LogP contribution in [0.4, 0.5) is 13.2 Å². The van der Waals surface area contributed by atoms with Gasteiger partial charge < -0.3 is 10.1 Å². The van der Waals surface area contributed by atoms with Gasteiger partial charge in [0.15, 0.2) is 6.10 Å². The minimum Gasteiger partial charge on any atom is -0.360 e. The van der Waals surface area contributed by atoms with Crippen LogP contribution >= 0.6 is 11.6 Å². The van der Waals surface area contributed by atoms with Gasteiger partial charge in [0.1, 0.15) is 0 Å². The Labute approximate surface area is 128 Å². The van der Waals surface area contributed by atoms with Crippen molar-refractivity contribution >= 4 is 11.6 Å². The Bertz CT molecular complexity index is 440. The maximum absolute atomic E-state index is 12.7. The minimum atomic E-state index is -4.38. The van der Waals surface area contributed by atoms with Crippen molar-refractivity contribution in [2.75, 3.05) is 6.54 Å². The quantitative estimate of drug-likeness (QED) is 0.845. The average molecular weight is 324 g/mol. The van der Waals surface area contributed by atoms with Gasteiger partial charge in [-0.1, -0.05) is 23.7 Å². The summed E-state index contributed by atoms with van der Waals surface area (Å²) in [6, 6.07) is 6.64. The van der Waals surface area contributed by atoms with Crippen molar-refractivity contribution in [3.8, 4) is 0 Å². The van der Waals surface area contributed by atoms with Gasteiger partial charge in [-0.3, -0.25) is 0 Å². The molecular formula is C15H21ClF3NO. The van der Waals surface area contributed by atoms with Crippen molar-refractivity contribution in [3.63, 3.8) is 0 Å². The van der Waals surface area contributed by atoms with E-state index >= 15 is 0 Å². The fraction of sp³-hybridized carbons (Fsp3) is 0.600. The lowest BCUT2D eigenvalue weighted by Gasteiger charge is -2.28. The molecule has 0 amide bonds. The van der Waals surface area contributed by atoms with Crippen LogP contribution in [0.2, 0.25) is 5.02 Å². The Kier molecular flexibility index (Phi) is 6.08. The van der Waals surface area contributed by atoms with E-state index in [1.54, 1.807) is 24.3 Å². The Morgan fingerprint density at radius 3 is 2.10 bits per heavy atom. The molecule has 2 nitrogen and oxygen atoms in total. The Balaban J connectivity index is 2.86. The molecule has 0 aliphatic carbocycles. The highest BCUT2D eigenvalue weighted by atomic mass is 35.5. The second-order valence-corrected chi connectivity index (χ2v) is 6.43. The van der Waals surface area contributed by atoms with E-state index in [0.29, 0.717) is 10.6 Å². The lowest BCUT2D eigenvalue weighted by atomic mass is 10.1. The Morgan fingerprint density at radius 2 is 1.67 bits per heavy atom. The fourth-order valence-electron chi connectivity index (χ4n) is 1.64. The van der Waals surface area contributed by atoms with Gasteiger partial charge in [0.05, 0.1) is 6.10 Å². The van der Waals surface area contributed by atoms with Crippen molar-refractivity contribution in [2.45, 2.75) is 51.6 Å². The van der Waals surface area contributed by atoms with Crippen molar-refractivity contribution in [3.05, 3.63) is 34.9 Å². The zero-order chi connectivity index (χ0) is 16.3. The van der Waals surface area contributed by atoms with Crippen molar-refractivity contribution in [2.24, 2.45) is 0 Å². The summed E-state index contributed by atoms with van der Waals surface area (Å²) < 4.78 is 43.3. The number of ether oxygens (including phenoxy) is 1. The normalized spacial score (nSPS) is 15.8. The van der Waals surface area contributed by atoms with E-state index in [0.717, 1.165) is 6.92 Å². The maximum atomic E-state index is 12.7. The molecule has 0 saturated carbocycles. The van der Waals surface area contributed by atoms with E-state index in [9.17, 15) is 13.2 Å². The van der Waals surface area contributed by atoms with Gasteiger partial charge in [0.2, 0.25) is 0 Å². The highest BCUT2D eigenvalue weighted by molar-refractivity contribution is 6.30. The monoisotopic (exact) mass is 323 g/mol. The molecule has 0 aromatic heterocycles. The molecule has 0 fully saturated rings. The summed E-state index contributed by atoms with van der Waals surface area (Å²) >= 11 is 5.81. The van der Waals surface area contributed by atoms with Crippen LogP contribution in [0.1, 0.15) is 39.4 Å². The van der Waals surface area contributed by atoms with Gasteiger partial charge >= 0.3 is 6.18 Å². The van der Waals surface area contributed by atoms with Gasteiger partial charge in [-0.15, -0.1) is 0 Å². The first-order valence-electron chi connectivity index (χ1n) is 6.72. The van der Waals surface area contributed by atoms with Crippen LogP contribution in [0.15, 0.2) is 24.3 Å². The van der Waals surface area contributed by atoms with Crippen LogP contribution in [0.5, 0.6) is 0 Å². The number of hydrogen-bond acceptors (Lipinski definition) is 2. The largest absolute Gasteiger partial charge is 0.414 e. The lowest BCUT2D eigenvalue weighted by molar-refractivity contribution is -0.227. The van der Waals surface area contributed by atoms with Crippen LogP contribution in [0, 0.1) is 0 Å². The second kappa shape index (κ2) is 6.99. The lowest BCUT2D eigenvalue weighted by Crippen LogP contribution is -2.41. The zero-order valence-corrected chi connectivity index (χ0v) is 13.3. The summed E-state index contributed by atoms with van der Waals surface area (Å²) in [4.78, 5) is 0. The van der Waals surface area contributed by atoms with E-state index < -0.39 is 18.4 Å². The average Bonchev–Trinajstić information content (AvgIpc) is 2.33. The van der Waals surface area contributed by atoms with Gasteiger partial charge in [0.25, 0.3) is 0 Å². The number of alkyl halides is 3. The third-order valence-corrected chi connectivity index (χ3v) is 3.14. The minimum absolute atomic E-state index is 0.213. The summed E-state index contributed by atoms with van der Waals surface area (Å²) in [7, 11) is 0. The smallest absolute Gasteiger partial charge is 0.360 e. The van der Waals surface area contributed by atoms with Crippen LogP contribution in [-0.4, -0.2) is 24.4 Å². The molecule has 0 heterocycles. The SMILES string of the molecule is CC(OC(CNC(C)(C)C)c1ccc(Cl)cc1)C(F)(F)F. The van der Waals surface area contributed by atoms with Gasteiger partial charge in [-0.25, -0.2) is 0 Å². The molecule has 0 spiro atoms. The summed E-state index contributed by atoms with van der Waals surface area (Å²) in [6.07, 6.45) is -6.91. The van der Waals surface area contributed by atoms with Gasteiger partial charge in [-0.2, -0.15) is 13.2 Å².